The smallest absolute Gasteiger partial charge is 0.278 e. The number of ether oxygens (including phenoxy) is 1. The summed E-state index contributed by atoms with van der Waals surface area (Å²) in [5.74, 6) is 0.671. The van der Waals surface area contributed by atoms with Crippen molar-refractivity contribution in [2.75, 3.05) is 11.8 Å². The Labute approximate surface area is 111 Å². The maximum Gasteiger partial charge on any atom is 0.278 e. The molecule has 0 unspecified atom stereocenters. The van der Waals surface area contributed by atoms with Gasteiger partial charge >= 0.3 is 0 Å². The summed E-state index contributed by atoms with van der Waals surface area (Å²) in [5, 5.41) is 0.0199. The Hall–Kier alpha value is -2.02. The minimum Gasteiger partial charge on any atom is -0.496 e. The van der Waals surface area contributed by atoms with Crippen molar-refractivity contribution in [2.24, 2.45) is 0 Å². The quantitative estimate of drug-likeness (QED) is 0.895. The van der Waals surface area contributed by atoms with Gasteiger partial charge in [-0.3, -0.25) is 4.72 Å². The number of hydrogen-bond donors (Lipinski definition) is 2. The molecular weight excluding hydrogens is 266 g/mol. The highest BCUT2D eigenvalue weighted by molar-refractivity contribution is 7.92. The first-order valence-corrected chi connectivity index (χ1v) is 7.09. The van der Waals surface area contributed by atoms with Gasteiger partial charge in [-0.05, 0) is 25.5 Å². The largest absolute Gasteiger partial charge is 0.496 e. The number of rotatable bonds is 4. The molecule has 2 rings (SSSR count). The number of imidazole rings is 1. The summed E-state index contributed by atoms with van der Waals surface area (Å²) < 4.78 is 31.9. The summed E-state index contributed by atoms with van der Waals surface area (Å²) in [6, 6.07) is 3.51. The molecule has 1 heterocycles. The number of nitrogens with one attached hydrogen (secondary N) is 2. The first kappa shape index (κ1) is 13.4. The van der Waals surface area contributed by atoms with Gasteiger partial charge in [0, 0.05) is 5.56 Å². The van der Waals surface area contributed by atoms with Crippen molar-refractivity contribution in [3.05, 3.63) is 35.8 Å². The highest BCUT2D eigenvalue weighted by atomic mass is 32.2. The third kappa shape index (κ3) is 2.55. The molecule has 2 N–H and O–H groups in total. The Morgan fingerprint density at radius 3 is 2.63 bits per heavy atom. The predicted molar refractivity (Wildman–Crippen MR) is 71.9 cm³/mol. The van der Waals surface area contributed by atoms with E-state index in [2.05, 4.69) is 14.7 Å². The summed E-state index contributed by atoms with van der Waals surface area (Å²) >= 11 is 0. The van der Waals surface area contributed by atoms with Gasteiger partial charge in [-0.1, -0.05) is 6.07 Å². The van der Waals surface area contributed by atoms with Crippen LogP contribution in [0.15, 0.2) is 29.7 Å². The van der Waals surface area contributed by atoms with Crippen LogP contribution in [0, 0.1) is 13.8 Å². The van der Waals surface area contributed by atoms with E-state index in [0.29, 0.717) is 11.4 Å². The van der Waals surface area contributed by atoms with Crippen molar-refractivity contribution in [3.8, 4) is 5.75 Å². The number of anilines is 1. The minimum atomic E-state index is -3.65. The van der Waals surface area contributed by atoms with Gasteiger partial charge in [-0.15, -0.1) is 0 Å². The van der Waals surface area contributed by atoms with E-state index in [4.69, 9.17) is 4.74 Å². The second-order valence-electron chi connectivity index (χ2n) is 4.11. The fourth-order valence-corrected chi connectivity index (χ4v) is 2.87. The van der Waals surface area contributed by atoms with Gasteiger partial charge in [0.05, 0.1) is 25.3 Å². The highest BCUT2D eigenvalue weighted by Crippen LogP contribution is 2.30. The van der Waals surface area contributed by atoms with Gasteiger partial charge in [0.15, 0.2) is 5.03 Å². The second-order valence-corrected chi connectivity index (χ2v) is 5.76. The molecule has 0 radical (unpaired) electrons. The Bertz CT molecular complexity index is 678. The maximum atomic E-state index is 12.1. The van der Waals surface area contributed by atoms with E-state index in [1.807, 2.05) is 6.92 Å². The molecule has 19 heavy (non-hydrogen) atoms. The maximum absolute atomic E-state index is 12.1. The van der Waals surface area contributed by atoms with Crippen molar-refractivity contribution >= 4 is 15.7 Å². The van der Waals surface area contributed by atoms with E-state index in [9.17, 15) is 8.42 Å². The molecule has 2 aromatic rings. The average Bonchev–Trinajstić information content (AvgIpc) is 2.88. The molecule has 0 saturated carbocycles. The molecule has 1 aromatic carbocycles. The van der Waals surface area contributed by atoms with Crippen molar-refractivity contribution in [2.45, 2.75) is 18.9 Å². The van der Waals surface area contributed by atoms with Crippen LogP contribution in [-0.2, 0) is 10.0 Å². The summed E-state index contributed by atoms with van der Waals surface area (Å²) in [5.41, 5.74) is 2.17. The molecule has 0 amide bonds. The molecule has 0 bridgehead atoms. The normalized spacial score (nSPS) is 11.3. The van der Waals surface area contributed by atoms with Crippen molar-refractivity contribution in [3.63, 3.8) is 0 Å². The Balaban J connectivity index is 2.40. The number of hydrogen-bond acceptors (Lipinski definition) is 4. The van der Waals surface area contributed by atoms with Crippen LogP contribution in [0.5, 0.6) is 5.75 Å². The highest BCUT2D eigenvalue weighted by Gasteiger charge is 2.18. The zero-order valence-corrected chi connectivity index (χ0v) is 11.7. The number of sulfonamides is 1. The first-order chi connectivity index (χ1) is 8.95. The standard InChI is InChI=1S/C12H15N3O3S/c1-8-4-5-10(9(2)12(8)18-3)15-19(16,17)11-6-13-7-14-11/h4-7,15H,1-3H3,(H,13,14). The molecule has 0 aliphatic carbocycles. The average molecular weight is 281 g/mol. The number of aromatic amines is 1. The molecule has 102 valence electrons. The zero-order chi connectivity index (χ0) is 14.0. The van der Waals surface area contributed by atoms with Gasteiger partial charge in [0.25, 0.3) is 10.0 Å². The molecule has 1 aromatic heterocycles. The fourth-order valence-electron chi connectivity index (χ4n) is 1.84. The van der Waals surface area contributed by atoms with Gasteiger partial charge in [-0.2, -0.15) is 8.42 Å². The van der Waals surface area contributed by atoms with E-state index < -0.39 is 10.0 Å². The van der Waals surface area contributed by atoms with Crippen LogP contribution >= 0.6 is 0 Å². The van der Waals surface area contributed by atoms with Crippen LogP contribution in [0.3, 0.4) is 0 Å². The van der Waals surface area contributed by atoms with Crippen LogP contribution in [0.2, 0.25) is 0 Å². The van der Waals surface area contributed by atoms with E-state index >= 15 is 0 Å². The number of H-pyrrole nitrogens is 1. The molecule has 0 spiro atoms. The molecule has 0 aliphatic rings. The topological polar surface area (TPSA) is 84.1 Å². The van der Waals surface area contributed by atoms with Gasteiger partial charge in [0.1, 0.15) is 5.75 Å². The summed E-state index contributed by atoms with van der Waals surface area (Å²) in [7, 11) is -2.10. The van der Waals surface area contributed by atoms with E-state index in [1.54, 1.807) is 26.2 Å². The Kier molecular flexibility index (Phi) is 3.48. The monoisotopic (exact) mass is 281 g/mol. The number of aryl methyl sites for hydroxylation is 1. The lowest BCUT2D eigenvalue weighted by molar-refractivity contribution is 0.409. The molecule has 0 fully saturated rings. The summed E-state index contributed by atoms with van der Waals surface area (Å²) in [6.45, 7) is 3.70. The molecule has 0 atom stereocenters. The number of methoxy groups -OCH3 is 1. The number of nitrogens with zero attached hydrogens (tertiary/aromatic N) is 1. The summed E-state index contributed by atoms with van der Waals surface area (Å²) in [4.78, 5) is 6.27. The first-order valence-electron chi connectivity index (χ1n) is 5.61. The zero-order valence-electron chi connectivity index (χ0n) is 10.9. The van der Waals surface area contributed by atoms with Crippen molar-refractivity contribution < 1.29 is 13.2 Å². The SMILES string of the molecule is COc1c(C)ccc(NS(=O)(=O)c2cnc[nH]2)c1C. The van der Waals surface area contributed by atoms with Gasteiger partial charge in [-0.25, -0.2) is 4.98 Å². The predicted octanol–water partition coefficient (Wildman–Crippen LogP) is 1.84. The van der Waals surface area contributed by atoms with Crippen molar-refractivity contribution in [1.82, 2.24) is 9.97 Å². The van der Waals surface area contributed by atoms with E-state index in [1.165, 1.54) is 12.5 Å². The lowest BCUT2D eigenvalue weighted by atomic mass is 10.1. The van der Waals surface area contributed by atoms with Crippen LogP contribution in [0.25, 0.3) is 0 Å². The van der Waals surface area contributed by atoms with E-state index in [0.717, 1.165) is 11.1 Å². The lowest BCUT2D eigenvalue weighted by Crippen LogP contribution is -2.14. The molecule has 0 saturated heterocycles. The number of benzene rings is 1. The Morgan fingerprint density at radius 2 is 2.05 bits per heavy atom. The molecule has 6 nitrogen and oxygen atoms in total. The van der Waals surface area contributed by atoms with Gasteiger partial charge < -0.3 is 9.72 Å². The number of aromatic nitrogens is 2. The van der Waals surface area contributed by atoms with Crippen LogP contribution < -0.4 is 9.46 Å². The second kappa shape index (κ2) is 4.93. The van der Waals surface area contributed by atoms with Gasteiger partial charge in [0.2, 0.25) is 0 Å². The minimum absolute atomic E-state index is 0.0199. The molecule has 0 aliphatic heterocycles. The molecule has 7 heteroatoms. The van der Waals surface area contributed by atoms with Crippen LogP contribution in [0.4, 0.5) is 5.69 Å². The lowest BCUT2D eigenvalue weighted by Gasteiger charge is -2.14. The molecular formula is C12H15N3O3S. The summed E-state index contributed by atoms with van der Waals surface area (Å²) in [6.07, 6.45) is 2.57. The fraction of sp³-hybridized carbons (Fsp3) is 0.250. The Morgan fingerprint density at radius 1 is 1.32 bits per heavy atom. The van der Waals surface area contributed by atoms with Crippen molar-refractivity contribution in [1.29, 1.82) is 0 Å². The van der Waals surface area contributed by atoms with Crippen LogP contribution in [-0.4, -0.2) is 25.5 Å². The van der Waals surface area contributed by atoms with Crippen LogP contribution in [0.1, 0.15) is 11.1 Å². The third-order valence-corrected chi connectivity index (χ3v) is 4.10. The third-order valence-electron chi connectivity index (χ3n) is 2.81. The van der Waals surface area contributed by atoms with E-state index in [-0.39, 0.29) is 5.03 Å².